The molecule has 82 valence electrons. The van der Waals surface area contributed by atoms with Gasteiger partial charge in [-0.25, -0.2) is 0 Å². The molecule has 0 bridgehead atoms. The van der Waals surface area contributed by atoms with Crippen LogP contribution in [0, 0.1) is 6.92 Å². The quantitative estimate of drug-likeness (QED) is 0.795. The lowest BCUT2D eigenvalue weighted by atomic mass is 10.2. The molecule has 0 unspecified atom stereocenters. The Balaban J connectivity index is 2.18. The van der Waals surface area contributed by atoms with Crippen LogP contribution in [0.5, 0.6) is 0 Å². The first kappa shape index (κ1) is 10.2. The summed E-state index contributed by atoms with van der Waals surface area (Å²) >= 11 is 0. The van der Waals surface area contributed by atoms with Crippen molar-refractivity contribution in [2.45, 2.75) is 25.8 Å². The number of likely N-dealkylation sites (tertiary alicyclic amines) is 1. The van der Waals surface area contributed by atoms with E-state index in [9.17, 15) is 4.79 Å². The summed E-state index contributed by atoms with van der Waals surface area (Å²) in [4.78, 5) is 13.7. The zero-order valence-corrected chi connectivity index (χ0v) is 8.77. The van der Waals surface area contributed by atoms with Gasteiger partial charge < -0.3 is 14.4 Å². The second-order valence-electron chi connectivity index (χ2n) is 3.91. The molecule has 1 aromatic heterocycles. The summed E-state index contributed by atoms with van der Waals surface area (Å²) in [6.07, 6.45) is 3.35. The minimum atomic E-state index is -0.103. The fourth-order valence-corrected chi connectivity index (χ4v) is 2.02. The summed E-state index contributed by atoms with van der Waals surface area (Å²) in [5.41, 5.74) is 0.851. The molecule has 1 amide bonds. The van der Waals surface area contributed by atoms with E-state index < -0.39 is 0 Å². The molecule has 15 heavy (non-hydrogen) atoms. The normalized spacial score (nSPS) is 20.9. The molecular weight excluding hydrogens is 194 g/mol. The zero-order chi connectivity index (χ0) is 10.8. The number of hydrogen-bond acceptors (Lipinski definition) is 3. The molecule has 0 saturated carbocycles. The van der Waals surface area contributed by atoms with Gasteiger partial charge in [0, 0.05) is 12.1 Å². The van der Waals surface area contributed by atoms with Crippen molar-refractivity contribution in [2.24, 2.45) is 0 Å². The smallest absolute Gasteiger partial charge is 0.290 e. The Morgan fingerprint density at radius 1 is 1.73 bits per heavy atom. The summed E-state index contributed by atoms with van der Waals surface area (Å²) in [5.74, 6) is 0.296. The Hall–Kier alpha value is -1.29. The standard InChI is InChI=1S/C11H15NO3/c1-8-4-6-15-10(8)11(14)12-5-2-3-9(12)7-13/h4,6,9,13H,2-3,5,7H2,1H3/t9-/m0/s1. The van der Waals surface area contributed by atoms with Crippen LogP contribution in [-0.2, 0) is 0 Å². The average molecular weight is 209 g/mol. The molecule has 1 atom stereocenters. The first-order valence-corrected chi connectivity index (χ1v) is 5.20. The number of aliphatic hydroxyl groups excluding tert-OH is 1. The van der Waals surface area contributed by atoms with E-state index in [4.69, 9.17) is 9.52 Å². The second kappa shape index (κ2) is 4.06. The summed E-state index contributed by atoms with van der Waals surface area (Å²) in [6, 6.07) is 1.74. The molecule has 1 fully saturated rings. The molecule has 0 aromatic carbocycles. The largest absolute Gasteiger partial charge is 0.459 e. The molecular formula is C11H15NO3. The molecule has 2 heterocycles. The third-order valence-electron chi connectivity index (χ3n) is 2.91. The first-order chi connectivity index (χ1) is 7.24. The van der Waals surface area contributed by atoms with E-state index in [0.717, 1.165) is 18.4 Å². The van der Waals surface area contributed by atoms with Gasteiger partial charge in [0.15, 0.2) is 5.76 Å². The van der Waals surface area contributed by atoms with Crippen LogP contribution in [-0.4, -0.2) is 35.1 Å². The van der Waals surface area contributed by atoms with Gasteiger partial charge in [0.25, 0.3) is 5.91 Å². The van der Waals surface area contributed by atoms with Gasteiger partial charge in [-0.15, -0.1) is 0 Å². The molecule has 1 saturated heterocycles. The van der Waals surface area contributed by atoms with E-state index in [1.807, 2.05) is 6.92 Å². The van der Waals surface area contributed by atoms with Crippen LogP contribution < -0.4 is 0 Å². The third kappa shape index (κ3) is 1.77. The summed E-state index contributed by atoms with van der Waals surface area (Å²) in [7, 11) is 0. The van der Waals surface area contributed by atoms with Gasteiger partial charge in [0.05, 0.1) is 18.9 Å². The highest BCUT2D eigenvalue weighted by Crippen LogP contribution is 2.21. The second-order valence-corrected chi connectivity index (χ2v) is 3.91. The lowest BCUT2D eigenvalue weighted by Gasteiger charge is -2.21. The Bertz CT molecular complexity index is 358. The molecule has 1 N–H and O–H groups in total. The van der Waals surface area contributed by atoms with Crippen molar-refractivity contribution >= 4 is 5.91 Å². The first-order valence-electron chi connectivity index (χ1n) is 5.20. The zero-order valence-electron chi connectivity index (χ0n) is 8.77. The predicted octanol–water partition coefficient (Wildman–Crippen LogP) is 1.18. The van der Waals surface area contributed by atoms with Gasteiger partial charge in [-0.2, -0.15) is 0 Å². The highest BCUT2D eigenvalue weighted by molar-refractivity contribution is 5.93. The third-order valence-corrected chi connectivity index (χ3v) is 2.91. The van der Waals surface area contributed by atoms with Gasteiger partial charge >= 0.3 is 0 Å². The van der Waals surface area contributed by atoms with E-state index in [1.54, 1.807) is 11.0 Å². The number of amides is 1. The van der Waals surface area contributed by atoms with E-state index >= 15 is 0 Å². The maximum absolute atomic E-state index is 12.0. The van der Waals surface area contributed by atoms with E-state index in [1.165, 1.54) is 6.26 Å². The number of carbonyl (C=O) groups excluding carboxylic acids is 1. The number of carbonyl (C=O) groups is 1. The van der Waals surface area contributed by atoms with Crippen LogP contribution >= 0.6 is 0 Å². The van der Waals surface area contributed by atoms with Crippen molar-refractivity contribution in [1.29, 1.82) is 0 Å². The average Bonchev–Trinajstić information content (AvgIpc) is 2.84. The minimum Gasteiger partial charge on any atom is -0.459 e. The maximum Gasteiger partial charge on any atom is 0.290 e. The Morgan fingerprint density at radius 3 is 3.13 bits per heavy atom. The van der Waals surface area contributed by atoms with Crippen LogP contribution in [0.15, 0.2) is 16.7 Å². The van der Waals surface area contributed by atoms with Gasteiger partial charge in [0.1, 0.15) is 0 Å². The monoisotopic (exact) mass is 209 g/mol. The van der Waals surface area contributed by atoms with E-state index in [-0.39, 0.29) is 18.6 Å². The van der Waals surface area contributed by atoms with Gasteiger partial charge in [-0.3, -0.25) is 4.79 Å². The Kier molecular flexibility index (Phi) is 2.77. The van der Waals surface area contributed by atoms with E-state index in [0.29, 0.717) is 12.3 Å². The Morgan fingerprint density at radius 2 is 2.53 bits per heavy atom. The van der Waals surface area contributed by atoms with Crippen LogP contribution in [0.2, 0.25) is 0 Å². The number of furan rings is 1. The highest BCUT2D eigenvalue weighted by Gasteiger charge is 2.30. The van der Waals surface area contributed by atoms with Crippen molar-refractivity contribution in [3.05, 3.63) is 23.7 Å². The minimum absolute atomic E-state index is 0.0332. The van der Waals surface area contributed by atoms with Crippen molar-refractivity contribution in [3.63, 3.8) is 0 Å². The molecule has 4 heteroatoms. The molecule has 0 radical (unpaired) electrons. The van der Waals surface area contributed by atoms with Crippen molar-refractivity contribution in [1.82, 2.24) is 4.90 Å². The number of aryl methyl sites for hydroxylation is 1. The Labute approximate surface area is 88.5 Å². The highest BCUT2D eigenvalue weighted by atomic mass is 16.3. The fourth-order valence-electron chi connectivity index (χ4n) is 2.02. The molecule has 1 aliphatic heterocycles. The lowest BCUT2D eigenvalue weighted by molar-refractivity contribution is 0.0645. The van der Waals surface area contributed by atoms with Gasteiger partial charge in [-0.05, 0) is 25.8 Å². The van der Waals surface area contributed by atoms with Crippen molar-refractivity contribution in [3.8, 4) is 0 Å². The SMILES string of the molecule is Cc1ccoc1C(=O)N1CCC[C@H]1CO. The van der Waals surface area contributed by atoms with Crippen LogP contribution in [0.4, 0.5) is 0 Å². The molecule has 4 nitrogen and oxygen atoms in total. The molecule has 2 rings (SSSR count). The number of aliphatic hydroxyl groups is 1. The van der Waals surface area contributed by atoms with Crippen molar-refractivity contribution in [2.75, 3.05) is 13.2 Å². The lowest BCUT2D eigenvalue weighted by Crippen LogP contribution is -2.37. The van der Waals surface area contributed by atoms with E-state index in [2.05, 4.69) is 0 Å². The summed E-state index contributed by atoms with van der Waals surface area (Å²) in [6.45, 7) is 2.59. The molecule has 1 aromatic rings. The van der Waals surface area contributed by atoms with Gasteiger partial charge in [0.2, 0.25) is 0 Å². The molecule has 0 spiro atoms. The fraction of sp³-hybridized carbons (Fsp3) is 0.545. The molecule has 1 aliphatic rings. The van der Waals surface area contributed by atoms with Gasteiger partial charge in [-0.1, -0.05) is 0 Å². The predicted molar refractivity (Wildman–Crippen MR) is 54.6 cm³/mol. The number of nitrogens with zero attached hydrogens (tertiary/aromatic N) is 1. The maximum atomic E-state index is 12.0. The van der Waals surface area contributed by atoms with Crippen LogP contribution in [0.3, 0.4) is 0 Å². The van der Waals surface area contributed by atoms with Crippen LogP contribution in [0.25, 0.3) is 0 Å². The summed E-state index contributed by atoms with van der Waals surface area (Å²) < 4.78 is 5.16. The van der Waals surface area contributed by atoms with Crippen LogP contribution in [0.1, 0.15) is 29.0 Å². The molecule has 0 aliphatic carbocycles. The number of rotatable bonds is 2. The number of hydrogen-bond donors (Lipinski definition) is 1. The summed E-state index contributed by atoms with van der Waals surface area (Å²) in [5, 5.41) is 9.13. The topological polar surface area (TPSA) is 53.7 Å². The van der Waals surface area contributed by atoms with Crippen molar-refractivity contribution < 1.29 is 14.3 Å².